The molecule has 0 aromatic carbocycles. The topological polar surface area (TPSA) is 61.0 Å². The molecule has 4 nitrogen and oxygen atoms in total. The summed E-state index contributed by atoms with van der Waals surface area (Å²) in [6.07, 6.45) is 2.82. The molecule has 0 radical (unpaired) electrons. The van der Waals surface area contributed by atoms with E-state index in [2.05, 4.69) is 16.9 Å². The summed E-state index contributed by atoms with van der Waals surface area (Å²) in [5.74, 6) is 0.793. The number of nitrogens with zero attached hydrogens (tertiary/aromatic N) is 2. The average Bonchev–Trinajstić information content (AvgIpc) is 2.30. The van der Waals surface area contributed by atoms with Gasteiger partial charge in [0.05, 0.1) is 0 Å². The molecular formula is C13H23N3O. The van der Waals surface area contributed by atoms with E-state index in [4.69, 9.17) is 10.5 Å². The van der Waals surface area contributed by atoms with Crippen molar-refractivity contribution >= 4 is 0 Å². The van der Waals surface area contributed by atoms with Gasteiger partial charge in [-0.15, -0.1) is 0 Å². The Balaban J connectivity index is 2.99. The van der Waals surface area contributed by atoms with Gasteiger partial charge in [0.25, 0.3) is 0 Å². The summed E-state index contributed by atoms with van der Waals surface area (Å²) in [7, 11) is 1.70. The van der Waals surface area contributed by atoms with Gasteiger partial charge >= 0.3 is 0 Å². The molecule has 0 bridgehead atoms. The smallest absolute Gasteiger partial charge is 0.157 e. The maximum Gasteiger partial charge on any atom is 0.157 e. The van der Waals surface area contributed by atoms with Gasteiger partial charge in [-0.1, -0.05) is 6.92 Å². The molecule has 4 heteroatoms. The zero-order chi connectivity index (χ0) is 12.8. The highest BCUT2D eigenvalue weighted by Gasteiger charge is 2.15. The van der Waals surface area contributed by atoms with Crippen LogP contribution in [0.5, 0.6) is 0 Å². The van der Waals surface area contributed by atoms with Gasteiger partial charge in [0.15, 0.2) is 5.82 Å². The first-order chi connectivity index (χ1) is 8.13. The SMILES string of the molecule is CCC(OC)c1nc(C)c(CCCN)c(C)n1. The third kappa shape index (κ3) is 3.48. The quantitative estimate of drug-likeness (QED) is 0.823. The predicted molar refractivity (Wildman–Crippen MR) is 68.9 cm³/mol. The minimum Gasteiger partial charge on any atom is -0.373 e. The summed E-state index contributed by atoms with van der Waals surface area (Å²) in [6.45, 7) is 6.85. The highest BCUT2D eigenvalue weighted by Crippen LogP contribution is 2.20. The second-order valence-electron chi connectivity index (χ2n) is 4.26. The minimum absolute atomic E-state index is 0.00374. The largest absolute Gasteiger partial charge is 0.373 e. The highest BCUT2D eigenvalue weighted by atomic mass is 16.5. The minimum atomic E-state index is -0.00374. The van der Waals surface area contributed by atoms with Gasteiger partial charge in [0.1, 0.15) is 6.10 Å². The zero-order valence-electron chi connectivity index (χ0n) is 11.3. The molecule has 1 atom stereocenters. The molecule has 0 amide bonds. The van der Waals surface area contributed by atoms with E-state index < -0.39 is 0 Å². The molecule has 0 spiro atoms. The number of hydrogen-bond donors (Lipinski definition) is 1. The molecule has 1 heterocycles. The molecule has 17 heavy (non-hydrogen) atoms. The predicted octanol–water partition coefficient (Wildman–Crippen LogP) is 2.08. The van der Waals surface area contributed by atoms with Gasteiger partial charge in [-0.05, 0) is 45.2 Å². The second kappa shape index (κ2) is 6.67. The Labute approximate surface area is 104 Å². The van der Waals surface area contributed by atoms with Crippen molar-refractivity contribution in [3.8, 4) is 0 Å². The molecule has 0 fully saturated rings. The summed E-state index contributed by atoms with van der Waals surface area (Å²) in [6, 6.07) is 0. The lowest BCUT2D eigenvalue weighted by atomic mass is 10.1. The number of ether oxygens (including phenoxy) is 1. The third-order valence-electron chi connectivity index (χ3n) is 3.01. The fourth-order valence-corrected chi connectivity index (χ4v) is 2.00. The fraction of sp³-hybridized carbons (Fsp3) is 0.692. The van der Waals surface area contributed by atoms with E-state index in [-0.39, 0.29) is 6.10 Å². The van der Waals surface area contributed by atoms with Gasteiger partial charge in [-0.25, -0.2) is 9.97 Å². The lowest BCUT2D eigenvalue weighted by Crippen LogP contribution is -2.11. The standard InChI is InChI=1S/C13H23N3O/c1-5-12(17-4)13-15-9(2)11(7-6-8-14)10(3)16-13/h12H,5-8,14H2,1-4H3. The van der Waals surface area contributed by atoms with Crippen LogP contribution in [0.1, 0.15) is 48.6 Å². The molecule has 0 aliphatic carbocycles. The normalized spacial score (nSPS) is 12.8. The Morgan fingerprint density at radius 1 is 1.24 bits per heavy atom. The molecule has 1 aromatic rings. The molecule has 1 unspecified atom stereocenters. The summed E-state index contributed by atoms with van der Waals surface area (Å²) in [5.41, 5.74) is 8.87. The first kappa shape index (κ1) is 14.1. The van der Waals surface area contributed by atoms with Crippen molar-refractivity contribution in [1.82, 2.24) is 9.97 Å². The molecule has 0 saturated heterocycles. The highest BCUT2D eigenvalue weighted by molar-refractivity contribution is 5.25. The molecule has 1 aromatic heterocycles. The van der Waals surface area contributed by atoms with Gasteiger partial charge in [0, 0.05) is 18.5 Å². The Hall–Kier alpha value is -1.00. The van der Waals surface area contributed by atoms with Crippen molar-refractivity contribution in [2.24, 2.45) is 5.73 Å². The molecule has 0 saturated carbocycles. The first-order valence-corrected chi connectivity index (χ1v) is 6.20. The number of nitrogens with two attached hydrogens (primary N) is 1. The van der Waals surface area contributed by atoms with E-state index in [1.807, 2.05) is 13.8 Å². The van der Waals surface area contributed by atoms with Crippen molar-refractivity contribution in [3.05, 3.63) is 22.8 Å². The van der Waals surface area contributed by atoms with Crippen LogP contribution in [0.3, 0.4) is 0 Å². The Morgan fingerprint density at radius 3 is 2.24 bits per heavy atom. The van der Waals surface area contributed by atoms with Gasteiger partial charge in [-0.3, -0.25) is 0 Å². The monoisotopic (exact) mass is 237 g/mol. The first-order valence-electron chi connectivity index (χ1n) is 6.20. The van der Waals surface area contributed by atoms with Crippen LogP contribution >= 0.6 is 0 Å². The molecule has 0 aliphatic rings. The number of hydrogen-bond acceptors (Lipinski definition) is 4. The number of rotatable bonds is 6. The van der Waals surface area contributed by atoms with Crippen LogP contribution in [-0.4, -0.2) is 23.6 Å². The maximum atomic E-state index is 5.54. The van der Waals surface area contributed by atoms with Gasteiger partial charge in [0.2, 0.25) is 0 Å². The van der Waals surface area contributed by atoms with Crippen molar-refractivity contribution < 1.29 is 4.74 Å². The Bertz CT molecular complexity index is 339. The molecule has 1 rings (SSSR count). The van der Waals surface area contributed by atoms with Crippen LogP contribution < -0.4 is 5.73 Å². The van der Waals surface area contributed by atoms with Crippen LogP contribution in [0.15, 0.2) is 0 Å². The van der Waals surface area contributed by atoms with E-state index in [1.165, 1.54) is 5.56 Å². The molecule has 96 valence electrons. The Morgan fingerprint density at radius 2 is 1.82 bits per heavy atom. The zero-order valence-corrected chi connectivity index (χ0v) is 11.3. The lowest BCUT2D eigenvalue weighted by Gasteiger charge is -2.15. The summed E-state index contributed by atoms with van der Waals surface area (Å²) in [4.78, 5) is 9.10. The van der Waals surface area contributed by atoms with Crippen LogP contribution in [-0.2, 0) is 11.2 Å². The molecule has 0 aliphatic heterocycles. The average molecular weight is 237 g/mol. The fourth-order valence-electron chi connectivity index (χ4n) is 2.00. The van der Waals surface area contributed by atoms with E-state index in [0.717, 1.165) is 36.5 Å². The number of aromatic nitrogens is 2. The number of aryl methyl sites for hydroxylation is 2. The lowest BCUT2D eigenvalue weighted by molar-refractivity contribution is 0.0922. The van der Waals surface area contributed by atoms with Crippen molar-refractivity contribution in [2.45, 2.75) is 46.1 Å². The number of methoxy groups -OCH3 is 1. The molecular weight excluding hydrogens is 214 g/mol. The van der Waals surface area contributed by atoms with E-state index in [0.29, 0.717) is 6.54 Å². The van der Waals surface area contributed by atoms with Gasteiger partial charge in [-0.2, -0.15) is 0 Å². The third-order valence-corrected chi connectivity index (χ3v) is 3.01. The van der Waals surface area contributed by atoms with Crippen molar-refractivity contribution in [2.75, 3.05) is 13.7 Å². The van der Waals surface area contributed by atoms with Crippen LogP contribution in [0.2, 0.25) is 0 Å². The van der Waals surface area contributed by atoms with Crippen LogP contribution in [0.4, 0.5) is 0 Å². The second-order valence-corrected chi connectivity index (χ2v) is 4.26. The molecule has 2 N–H and O–H groups in total. The van der Waals surface area contributed by atoms with E-state index in [1.54, 1.807) is 7.11 Å². The van der Waals surface area contributed by atoms with E-state index in [9.17, 15) is 0 Å². The van der Waals surface area contributed by atoms with E-state index >= 15 is 0 Å². The summed E-state index contributed by atoms with van der Waals surface area (Å²) >= 11 is 0. The Kier molecular flexibility index (Phi) is 5.51. The van der Waals surface area contributed by atoms with Crippen molar-refractivity contribution in [1.29, 1.82) is 0 Å². The maximum absolute atomic E-state index is 5.54. The van der Waals surface area contributed by atoms with Crippen molar-refractivity contribution in [3.63, 3.8) is 0 Å². The summed E-state index contributed by atoms with van der Waals surface area (Å²) in [5, 5.41) is 0. The summed E-state index contributed by atoms with van der Waals surface area (Å²) < 4.78 is 5.37. The van der Waals surface area contributed by atoms with Crippen LogP contribution in [0, 0.1) is 13.8 Å². The van der Waals surface area contributed by atoms with Crippen LogP contribution in [0.25, 0.3) is 0 Å². The van der Waals surface area contributed by atoms with Gasteiger partial charge < -0.3 is 10.5 Å².